The van der Waals surface area contributed by atoms with E-state index in [4.69, 9.17) is 0 Å². The molecule has 0 unspecified atom stereocenters. The standard InChI is InChI=1S/C40H79NO/c1-3-5-7-9-11-13-15-17-19-21-22-23-24-26-28-30-32-34-36-38-40(42)41-39-37-35-33-31-29-27-25-20-18-16-14-12-10-8-6-4-2/h18,20H,3-17,19,21-39H2,1-2H3,(H,41,42). The van der Waals surface area contributed by atoms with Crippen LogP contribution in [0.4, 0.5) is 0 Å². The number of hydrogen-bond donors (Lipinski definition) is 1. The van der Waals surface area contributed by atoms with Crippen LogP contribution in [0.1, 0.15) is 232 Å². The van der Waals surface area contributed by atoms with Crippen LogP contribution in [0.2, 0.25) is 0 Å². The maximum Gasteiger partial charge on any atom is 0.219 e. The molecule has 0 fully saturated rings. The predicted octanol–water partition coefficient (Wildman–Crippen LogP) is 14.0. The molecule has 0 saturated heterocycles. The molecule has 0 aliphatic rings. The molecule has 0 aromatic heterocycles. The second-order valence-electron chi connectivity index (χ2n) is 13.4. The van der Waals surface area contributed by atoms with Crippen molar-refractivity contribution in [3.05, 3.63) is 12.2 Å². The second-order valence-corrected chi connectivity index (χ2v) is 13.4. The summed E-state index contributed by atoms with van der Waals surface area (Å²) in [5.41, 5.74) is 0. The molecule has 42 heavy (non-hydrogen) atoms. The van der Waals surface area contributed by atoms with E-state index >= 15 is 0 Å². The number of amides is 1. The summed E-state index contributed by atoms with van der Waals surface area (Å²) in [6.07, 6.45) is 50.7. The monoisotopic (exact) mass is 590 g/mol. The average Bonchev–Trinajstić information content (AvgIpc) is 3.00. The van der Waals surface area contributed by atoms with Gasteiger partial charge in [-0.25, -0.2) is 0 Å². The third-order valence-electron chi connectivity index (χ3n) is 9.02. The van der Waals surface area contributed by atoms with Crippen molar-refractivity contribution in [2.24, 2.45) is 0 Å². The fraction of sp³-hybridized carbons (Fsp3) is 0.925. The molecule has 2 heteroatoms. The van der Waals surface area contributed by atoms with Gasteiger partial charge in [-0.1, -0.05) is 199 Å². The van der Waals surface area contributed by atoms with Crippen LogP contribution in [-0.4, -0.2) is 12.5 Å². The molecule has 250 valence electrons. The molecule has 0 aliphatic heterocycles. The van der Waals surface area contributed by atoms with Gasteiger partial charge in [-0.15, -0.1) is 0 Å². The lowest BCUT2D eigenvalue weighted by atomic mass is 10.0. The maximum atomic E-state index is 12.1. The molecule has 0 heterocycles. The molecule has 1 N–H and O–H groups in total. The zero-order valence-corrected chi connectivity index (χ0v) is 29.3. The van der Waals surface area contributed by atoms with Crippen molar-refractivity contribution in [2.75, 3.05) is 6.54 Å². The molecule has 0 bridgehead atoms. The van der Waals surface area contributed by atoms with Gasteiger partial charge in [0.1, 0.15) is 0 Å². The summed E-state index contributed by atoms with van der Waals surface area (Å²) in [5, 5.41) is 3.14. The van der Waals surface area contributed by atoms with Crippen molar-refractivity contribution >= 4 is 5.91 Å². The number of unbranched alkanes of at least 4 members (excludes halogenated alkanes) is 30. The van der Waals surface area contributed by atoms with E-state index < -0.39 is 0 Å². The number of carbonyl (C=O) groups is 1. The van der Waals surface area contributed by atoms with Gasteiger partial charge in [0.15, 0.2) is 0 Å². The quantitative estimate of drug-likeness (QED) is 0.0571. The van der Waals surface area contributed by atoms with E-state index in [1.165, 1.54) is 199 Å². The van der Waals surface area contributed by atoms with Crippen LogP contribution in [0.5, 0.6) is 0 Å². The van der Waals surface area contributed by atoms with E-state index in [1.54, 1.807) is 0 Å². The topological polar surface area (TPSA) is 29.1 Å². The molecule has 0 saturated carbocycles. The van der Waals surface area contributed by atoms with E-state index in [0.717, 1.165) is 25.8 Å². The van der Waals surface area contributed by atoms with Gasteiger partial charge >= 0.3 is 0 Å². The average molecular weight is 590 g/mol. The number of nitrogens with one attached hydrogen (secondary N) is 1. The normalized spacial score (nSPS) is 11.6. The Morgan fingerprint density at radius 1 is 0.381 bits per heavy atom. The van der Waals surface area contributed by atoms with Crippen LogP contribution in [0, 0.1) is 0 Å². The molecule has 1 amide bonds. The Bertz CT molecular complexity index is 528. The van der Waals surface area contributed by atoms with Gasteiger partial charge in [0, 0.05) is 13.0 Å². The lowest BCUT2D eigenvalue weighted by Gasteiger charge is -2.06. The molecule has 2 nitrogen and oxygen atoms in total. The van der Waals surface area contributed by atoms with Gasteiger partial charge in [-0.3, -0.25) is 4.79 Å². The molecule has 0 spiro atoms. The summed E-state index contributed by atoms with van der Waals surface area (Å²) in [5.74, 6) is 0.273. The zero-order valence-electron chi connectivity index (χ0n) is 29.3. The molecule has 0 radical (unpaired) electrons. The third-order valence-corrected chi connectivity index (χ3v) is 9.02. The molecule has 0 aromatic carbocycles. The minimum atomic E-state index is 0.273. The molecule has 0 aromatic rings. The first-order chi connectivity index (χ1) is 20.8. The fourth-order valence-corrected chi connectivity index (χ4v) is 6.05. The Kier molecular flexibility index (Phi) is 37.5. The SMILES string of the molecule is CCCCCCCCC=CCCCCCCCCNC(=O)CCCCCCCCCCCCCCCCCCCCC. The minimum absolute atomic E-state index is 0.273. The Morgan fingerprint density at radius 3 is 1.02 bits per heavy atom. The Hall–Kier alpha value is -0.790. The number of rotatable bonds is 36. The molecule has 0 rings (SSSR count). The number of allylic oxidation sites excluding steroid dienone is 2. The Labute approximate surface area is 266 Å². The largest absolute Gasteiger partial charge is 0.356 e. The minimum Gasteiger partial charge on any atom is -0.356 e. The summed E-state index contributed by atoms with van der Waals surface area (Å²) >= 11 is 0. The summed E-state index contributed by atoms with van der Waals surface area (Å²) in [7, 11) is 0. The fourth-order valence-electron chi connectivity index (χ4n) is 6.05. The lowest BCUT2D eigenvalue weighted by molar-refractivity contribution is -0.121. The molecule has 0 atom stereocenters. The smallest absolute Gasteiger partial charge is 0.219 e. The van der Waals surface area contributed by atoms with Crippen molar-refractivity contribution in [3.63, 3.8) is 0 Å². The van der Waals surface area contributed by atoms with Crippen molar-refractivity contribution < 1.29 is 4.79 Å². The summed E-state index contributed by atoms with van der Waals surface area (Å²) in [6.45, 7) is 5.46. The van der Waals surface area contributed by atoms with Crippen molar-refractivity contribution in [2.45, 2.75) is 232 Å². The van der Waals surface area contributed by atoms with E-state index in [2.05, 4.69) is 31.3 Å². The lowest BCUT2D eigenvalue weighted by Crippen LogP contribution is -2.23. The third kappa shape index (κ3) is 37.2. The van der Waals surface area contributed by atoms with Crippen LogP contribution in [0.25, 0.3) is 0 Å². The summed E-state index contributed by atoms with van der Waals surface area (Å²) in [4.78, 5) is 12.1. The van der Waals surface area contributed by atoms with E-state index in [1.807, 2.05) is 0 Å². The second kappa shape index (κ2) is 38.2. The van der Waals surface area contributed by atoms with Gasteiger partial charge in [0.25, 0.3) is 0 Å². The Balaban J connectivity index is 3.18. The highest BCUT2D eigenvalue weighted by atomic mass is 16.1. The molecular formula is C40H79NO. The number of carbonyl (C=O) groups excluding carboxylic acids is 1. The first-order valence-corrected chi connectivity index (χ1v) is 19.7. The van der Waals surface area contributed by atoms with Gasteiger partial charge in [-0.2, -0.15) is 0 Å². The first kappa shape index (κ1) is 41.2. The van der Waals surface area contributed by atoms with Gasteiger partial charge in [-0.05, 0) is 38.5 Å². The molecular weight excluding hydrogens is 510 g/mol. The highest BCUT2D eigenvalue weighted by Crippen LogP contribution is 2.15. The van der Waals surface area contributed by atoms with Gasteiger partial charge in [0.2, 0.25) is 5.91 Å². The number of hydrogen-bond acceptors (Lipinski definition) is 1. The van der Waals surface area contributed by atoms with Crippen molar-refractivity contribution in [1.29, 1.82) is 0 Å². The summed E-state index contributed by atoms with van der Waals surface area (Å²) in [6, 6.07) is 0. The van der Waals surface area contributed by atoms with Crippen LogP contribution in [0.3, 0.4) is 0 Å². The highest BCUT2D eigenvalue weighted by Gasteiger charge is 2.01. The van der Waals surface area contributed by atoms with Gasteiger partial charge < -0.3 is 5.32 Å². The summed E-state index contributed by atoms with van der Waals surface area (Å²) < 4.78 is 0. The first-order valence-electron chi connectivity index (χ1n) is 19.7. The van der Waals surface area contributed by atoms with E-state index in [-0.39, 0.29) is 5.91 Å². The highest BCUT2D eigenvalue weighted by molar-refractivity contribution is 5.75. The van der Waals surface area contributed by atoms with E-state index in [9.17, 15) is 4.79 Å². The van der Waals surface area contributed by atoms with Gasteiger partial charge in [0.05, 0.1) is 0 Å². The van der Waals surface area contributed by atoms with Crippen molar-refractivity contribution in [3.8, 4) is 0 Å². The van der Waals surface area contributed by atoms with Crippen LogP contribution in [-0.2, 0) is 4.79 Å². The zero-order chi connectivity index (χ0) is 30.4. The maximum absolute atomic E-state index is 12.1. The van der Waals surface area contributed by atoms with Crippen LogP contribution < -0.4 is 5.32 Å². The molecule has 0 aliphatic carbocycles. The predicted molar refractivity (Wildman–Crippen MR) is 190 cm³/mol. The van der Waals surface area contributed by atoms with Crippen LogP contribution >= 0.6 is 0 Å². The Morgan fingerprint density at radius 2 is 0.667 bits per heavy atom. The van der Waals surface area contributed by atoms with Crippen LogP contribution in [0.15, 0.2) is 12.2 Å². The van der Waals surface area contributed by atoms with E-state index in [0.29, 0.717) is 0 Å². The van der Waals surface area contributed by atoms with Crippen molar-refractivity contribution in [1.82, 2.24) is 5.32 Å².